The van der Waals surface area contributed by atoms with Crippen LogP contribution in [0.1, 0.15) is 31.6 Å². The van der Waals surface area contributed by atoms with Crippen LogP contribution in [0.4, 0.5) is 20.2 Å². The molecule has 0 radical (unpaired) electrons. The Morgan fingerprint density at radius 1 is 1.31 bits per heavy atom. The Morgan fingerprint density at radius 2 is 1.96 bits per heavy atom. The molecule has 1 heterocycles. The fourth-order valence-electron chi connectivity index (χ4n) is 2.18. The molecule has 0 aliphatic heterocycles. The molecular weight excluding hydrogens is 374 g/mol. The largest absolute Gasteiger partial charge is 0.368 e. The summed E-state index contributed by atoms with van der Waals surface area (Å²) >= 11 is 0. The highest BCUT2D eigenvalue weighted by Crippen LogP contribution is 2.34. The van der Waals surface area contributed by atoms with Gasteiger partial charge in [0.25, 0.3) is 5.69 Å². The number of nitro groups is 1. The third kappa shape index (κ3) is 3.95. The van der Waals surface area contributed by atoms with E-state index in [0.717, 1.165) is 12.1 Å². The summed E-state index contributed by atoms with van der Waals surface area (Å²) in [6, 6.07) is 1.94. The lowest BCUT2D eigenvalue weighted by molar-refractivity contribution is -0.384. The normalized spacial score (nSPS) is 13.2. The molecule has 0 fully saturated rings. The molecule has 0 amide bonds. The van der Waals surface area contributed by atoms with Crippen molar-refractivity contribution in [1.82, 2.24) is 10.1 Å². The number of halogens is 2. The Hall–Kier alpha value is -2.63. The van der Waals surface area contributed by atoms with Gasteiger partial charge in [0.05, 0.1) is 9.82 Å². The second-order valence-electron chi connectivity index (χ2n) is 5.79. The molecule has 1 aromatic heterocycles. The number of nitrogens with zero attached hydrogens (tertiary/aromatic N) is 3. The third-order valence-corrected chi connectivity index (χ3v) is 4.90. The van der Waals surface area contributed by atoms with Crippen LogP contribution < -0.4 is 5.32 Å². The van der Waals surface area contributed by atoms with Crippen molar-refractivity contribution in [3.8, 4) is 0 Å². The average Bonchev–Trinajstić information content (AvgIpc) is 2.97. The molecule has 2 rings (SSSR count). The van der Waals surface area contributed by atoms with Crippen molar-refractivity contribution >= 4 is 21.2 Å². The zero-order chi connectivity index (χ0) is 19.6. The molecule has 1 N–H and O–H groups in total. The number of alkyl halides is 2. The summed E-state index contributed by atoms with van der Waals surface area (Å²) in [5.74, 6) is -3.24. The number of aromatic nitrogens is 2. The molecule has 142 valence electrons. The van der Waals surface area contributed by atoms with E-state index in [1.54, 1.807) is 20.8 Å². The van der Waals surface area contributed by atoms with Gasteiger partial charge >= 0.3 is 5.76 Å². The van der Waals surface area contributed by atoms with Crippen molar-refractivity contribution in [2.75, 3.05) is 5.32 Å². The first-order chi connectivity index (χ1) is 12.0. The number of aryl methyl sites for hydroxylation is 1. The van der Waals surface area contributed by atoms with E-state index in [1.165, 1.54) is 0 Å². The average molecular weight is 390 g/mol. The van der Waals surface area contributed by atoms with Crippen LogP contribution in [-0.2, 0) is 9.84 Å². The van der Waals surface area contributed by atoms with Gasteiger partial charge in [0.2, 0.25) is 15.7 Å². The molecule has 0 aliphatic carbocycles. The van der Waals surface area contributed by atoms with Crippen molar-refractivity contribution in [3.05, 3.63) is 40.0 Å². The fourth-order valence-corrected chi connectivity index (χ4v) is 2.92. The molecule has 0 saturated heterocycles. The van der Waals surface area contributed by atoms with Crippen molar-refractivity contribution in [2.24, 2.45) is 5.92 Å². The number of nitro benzene ring substituents is 1. The number of hydrogen-bond donors (Lipinski definition) is 1. The first kappa shape index (κ1) is 19.7. The fraction of sp³-hybridized carbons (Fsp3) is 0.429. The molecule has 0 bridgehead atoms. The van der Waals surface area contributed by atoms with Gasteiger partial charge in [0.1, 0.15) is 11.7 Å². The van der Waals surface area contributed by atoms with Crippen molar-refractivity contribution in [2.45, 2.75) is 37.5 Å². The molecule has 1 atom stereocenters. The van der Waals surface area contributed by atoms with Gasteiger partial charge in [0.15, 0.2) is 5.82 Å². The Morgan fingerprint density at radius 3 is 2.42 bits per heavy atom. The Balaban J connectivity index is 2.47. The van der Waals surface area contributed by atoms with E-state index in [9.17, 15) is 27.3 Å². The summed E-state index contributed by atoms with van der Waals surface area (Å²) in [5.41, 5.74) is -0.716. The molecule has 1 aromatic carbocycles. The van der Waals surface area contributed by atoms with Crippen LogP contribution >= 0.6 is 0 Å². The Kier molecular flexibility index (Phi) is 5.54. The van der Waals surface area contributed by atoms with Gasteiger partial charge in [-0.15, -0.1) is 0 Å². The maximum absolute atomic E-state index is 12.7. The van der Waals surface area contributed by atoms with E-state index in [2.05, 4.69) is 15.5 Å². The summed E-state index contributed by atoms with van der Waals surface area (Å²) in [5, 5.41) is 17.8. The highest BCUT2D eigenvalue weighted by Gasteiger charge is 2.31. The molecule has 0 aliphatic rings. The Labute approximate surface area is 147 Å². The molecule has 2 aromatic rings. The van der Waals surface area contributed by atoms with Crippen LogP contribution in [0.5, 0.6) is 0 Å². The van der Waals surface area contributed by atoms with Crippen LogP contribution in [0.25, 0.3) is 0 Å². The van der Waals surface area contributed by atoms with Gasteiger partial charge in [-0.1, -0.05) is 19.0 Å². The summed E-state index contributed by atoms with van der Waals surface area (Å²) in [4.78, 5) is 13.7. The first-order valence-electron chi connectivity index (χ1n) is 7.41. The van der Waals surface area contributed by atoms with E-state index in [-0.39, 0.29) is 17.5 Å². The topological polar surface area (TPSA) is 128 Å². The molecule has 12 heteroatoms. The van der Waals surface area contributed by atoms with Gasteiger partial charge in [0, 0.05) is 6.07 Å². The highest BCUT2D eigenvalue weighted by atomic mass is 32.2. The zero-order valence-electron chi connectivity index (χ0n) is 14.0. The maximum atomic E-state index is 12.7. The number of sulfone groups is 1. The van der Waals surface area contributed by atoms with E-state index >= 15 is 0 Å². The quantitative estimate of drug-likeness (QED) is 0.564. The van der Waals surface area contributed by atoms with Gasteiger partial charge in [-0.2, -0.15) is 13.8 Å². The van der Waals surface area contributed by atoms with Crippen LogP contribution in [0, 0.1) is 23.0 Å². The zero-order valence-corrected chi connectivity index (χ0v) is 14.8. The van der Waals surface area contributed by atoms with Crippen LogP contribution in [0.15, 0.2) is 27.6 Å². The standard InChI is InChI=1S/C14H16F2N4O5S/c1-7(2)12(13-17-8(3)19-25-13)18-10-5-4-9(6-11(10)20(21)22)26(23,24)14(15)16/h4-7,12,14,18H,1-3H3. The number of nitrogens with one attached hydrogen (secondary N) is 1. The minimum Gasteiger partial charge on any atom is -0.368 e. The summed E-state index contributed by atoms with van der Waals surface area (Å²) in [6.45, 7) is 5.22. The monoisotopic (exact) mass is 390 g/mol. The summed E-state index contributed by atoms with van der Waals surface area (Å²) in [6.07, 6.45) is 0. The minimum absolute atomic E-state index is 0.0576. The SMILES string of the molecule is Cc1noc(C(Nc2ccc(S(=O)(=O)C(F)F)cc2[N+](=O)[O-])C(C)C)n1. The van der Waals surface area contributed by atoms with Gasteiger partial charge < -0.3 is 9.84 Å². The maximum Gasteiger partial charge on any atom is 0.341 e. The van der Waals surface area contributed by atoms with E-state index < -0.39 is 37.1 Å². The molecule has 0 saturated carbocycles. The Bertz CT molecular complexity index is 914. The van der Waals surface area contributed by atoms with Gasteiger partial charge in [-0.3, -0.25) is 10.1 Å². The predicted molar refractivity (Wildman–Crippen MR) is 86.5 cm³/mol. The summed E-state index contributed by atoms with van der Waals surface area (Å²) in [7, 11) is -4.95. The van der Waals surface area contributed by atoms with Crippen LogP contribution in [0.3, 0.4) is 0 Å². The second kappa shape index (κ2) is 7.32. The number of hydrogen-bond acceptors (Lipinski definition) is 8. The molecule has 9 nitrogen and oxygen atoms in total. The van der Waals surface area contributed by atoms with Crippen LogP contribution in [0.2, 0.25) is 0 Å². The lowest BCUT2D eigenvalue weighted by Crippen LogP contribution is -2.18. The van der Waals surface area contributed by atoms with Gasteiger partial charge in [-0.05, 0) is 25.0 Å². The first-order valence-corrected chi connectivity index (χ1v) is 8.96. The highest BCUT2D eigenvalue weighted by molar-refractivity contribution is 7.91. The van der Waals surface area contributed by atoms with E-state index in [1.807, 2.05) is 0 Å². The lowest BCUT2D eigenvalue weighted by atomic mass is 10.0. The van der Waals surface area contributed by atoms with Crippen molar-refractivity contribution < 1.29 is 26.6 Å². The molecule has 26 heavy (non-hydrogen) atoms. The van der Waals surface area contributed by atoms with E-state index in [0.29, 0.717) is 11.9 Å². The summed E-state index contributed by atoms with van der Waals surface area (Å²) < 4.78 is 53.5. The second-order valence-corrected chi connectivity index (χ2v) is 7.71. The predicted octanol–water partition coefficient (Wildman–Crippen LogP) is 3.09. The molecule has 0 spiro atoms. The van der Waals surface area contributed by atoms with E-state index in [4.69, 9.17) is 4.52 Å². The number of anilines is 1. The van der Waals surface area contributed by atoms with Crippen LogP contribution in [-0.4, -0.2) is 29.2 Å². The third-order valence-electron chi connectivity index (χ3n) is 3.52. The number of rotatable bonds is 7. The molecule has 1 unspecified atom stereocenters. The van der Waals surface area contributed by atoms with Crippen molar-refractivity contribution in [1.29, 1.82) is 0 Å². The lowest BCUT2D eigenvalue weighted by Gasteiger charge is -2.20. The molecular formula is C14H16F2N4O5S. The minimum atomic E-state index is -4.95. The van der Waals surface area contributed by atoms with Gasteiger partial charge in [-0.25, -0.2) is 8.42 Å². The smallest absolute Gasteiger partial charge is 0.341 e. The van der Waals surface area contributed by atoms with Crippen molar-refractivity contribution in [3.63, 3.8) is 0 Å². The number of benzene rings is 1.